The van der Waals surface area contributed by atoms with Gasteiger partial charge in [0.05, 0.1) is 0 Å². The number of amides is 1. The third-order valence-corrected chi connectivity index (χ3v) is 4.85. The Morgan fingerprint density at radius 2 is 1.80 bits per heavy atom. The molecule has 0 aliphatic carbocycles. The number of hydrogen-bond acceptors (Lipinski definition) is 3. The third kappa shape index (κ3) is 3.07. The standard InChI is InChI=1S/C21H19NO3/c23-20(18-13-16-9-4-5-11-19(16)25-21(18)24)22-12-6-10-17(14-22)15-7-2-1-3-8-15/h1-5,7-9,11,13,17H,6,10,12,14H2/t17-/m1/s1. The van der Waals surface area contributed by atoms with Gasteiger partial charge in [-0.1, -0.05) is 48.5 Å². The van der Waals surface area contributed by atoms with Gasteiger partial charge in [0.1, 0.15) is 11.1 Å². The average molecular weight is 333 g/mol. The molecule has 4 heteroatoms. The minimum atomic E-state index is -0.564. The Bertz CT molecular complexity index is 962. The molecule has 3 aromatic rings. The van der Waals surface area contributed by atoms with E-state index in [1.165, 1.54) is 5.56 Å². The molecule has 0 bridgehead atoms. The molecule has 2 aromatic carbocycles. The fraction of sp³-hybridized carbons (Fsp3) is 0.238. The maximum Gasteiger partial charge on any atom is 0.349 e. The lowest BCUT2D eigenvalue weighted by atomic mass is 9.90. The summed E-state index contributed by atoms with van der Waals surface area (Å²) in [5.74, 6) is 0.0755. The number of benzene rings is 2. The van der Waals surface area contributed by atoms with Crippen LogP contribution in [0.25, 0.3) is 11.0 Å². The van der Waals surface area contributed by atoms with Gasteiger partial charge in [-0.3, -0.25) is 4.79 Å². The highest BCUT2D eigenvalue weighted by atomic mass is 16.4. The first kappa shape index (κ1) is 15.6. The van der Waals surface area contributed by atoms with Crippen molar-refractivity contribution in [3.63, 3.8) is 0 Å². The SMILES string of the molecule is O=C(c1cc2ccccc2oc1=O)N1CCC[C@@H](c2ccccc2)C1. The van der Waals surface area contributed by atoms with Crippen LogP contribution in [0.2, 0.25) is 0 Å². The quantitative estimate of drug-likeness (QED) is 0.670. The average Bonchev–Trinajstić information content (AvgIpc) is 2.68. The Morgan fingerprint density at radius 3 is 2.64 bits per heavy atom. The molecule has 4 nitrogen and oxygen atoms in total. The van der Waals surface area contributed by atoms with Gasteiger partial charge in [0, 0.05) is 24.4 Å². The Labute approximate surface area is 145 Å². The van der Waals surface area contributed by atoms with E-state index in [9.17, 15) is 9.59 Å². The molecular formula is C21H19NO3. The van der Waals surface area contributed by atoms with Gasteiger partial charge in [0.25, 0.3) is 5.91 Å². The number of rotatable bonds is 2. The van der Waals surface area contributed by atoms with Crippen LogP contribution in [0.5, 0.6) is 0 Å². The van der Waals surface area contributed by atoms with Crippen LogP contribution in [0, 0.1) is 0 Å². The Balaban J connectivity index is 1.62. The molecular weight excluding hydrogens is 314 g/mol. The second-order valence-electron chi connectivity index (χ2n) is 6.49. The van der Waals surface area contributed by atoms with Crippen molar-refractivity contribution in [2.75, 3.05) is 13.1 Å². The van der Waals surface area contributed by atoms with Crippen molar-refractivity contribution in [3.8, 4) is 0 Å². The Hall–Kier alpha value is -2.88. The highest BCUT2D eigenvalue weighted by Gasteiger charge is 2.27. The van der Waals surface area contributed by atoms with Gasteiger partial charge in [0.2, 0.25) is 0 Å². The minimum Gasteiger partial charge on any atom is -0.422 e. The summed E-state index contributed by atoms with van der Waals surface area (Å²) < 4.78 is 5.31. The number of piperidine rings is 1. The van der Waals surface area contributed by atoms with Gasteiger partial charge in [-0.05, 0) is 30.5 Å². The first-order valence-electron chi connectivity index (χ1n) is 8.59. The van der Waals surface area contributed by atoms with E-state index in [1.54, 1.807) is 17.0 Å². The van der Waals surface area contributed by atoms with Crippen LogP contribution in [0.4, 0.5) is 0 Å². The zero-order valence-electron chi connectivity index (χ0n) is 13.9. The van der Waals surface area contributed by atoms with Crippen molar-refractivity contribution >= 4 is 16.9 Å². The Kier molecular flexibility index (Phi) is 4.10. The number of nitrogens with zero attached hydrogens (tertiary/aromatic N) is 1. The molecule has 0 radical (unpaired) electrons. The zero-order chi connectivity index (χ0) is 17.2. The lowest BCUT2D eigenvalue weighted by Gasteiger charge is -2.33. The van der Waals surface area contributed by atoms with E-state index in [0.29, 0.717) is 24.6 Å². The number of hydrogen-bond donors (Lipinski definition) is 0. The summed E-state index contributed by atoms with van der Waals surface area (Å²) in [5, 5.41) is 0.766. The second kappa shape index (κ2) is 6.55. The van der Waals surface area contributed by atoms with Gasteiger partial charge < -0.3 is 9.32 Å². The molecule has 1 aromatic heterocycles. The van der Waals surface area contributed by atoms with Crippen LogP contribution in [-0.2, 0) is 0 Å². The van der Waals surface area contributed by atoms with Gasteiger partial charge in [0.15, 0.2) is 0 Å². The fourth-order valence-electron chi connectivity index (χ4n) is 3.54. The van der Waals surface area contributed by atoms with Crippen molar-refractivity contribution in [3.05, 3.63) is 82.2 Å². The van der Waals surface area contributed by atoms with Crippen LogP contribution in [0.3, 0.4) is 0 Å². The largest absolute Gasteiger partial charge is 0.422 e. The molecule has 2 heterocycles. The molecule has 0 unspecified atom stereocenters. The van der Waals surface area contributed by atoms with Gasteiger partial charge in [-0.15, -0.1) is 0 Å². The third-order valence-electron chi connectivity index (χ3n) is 4.85. The molecule has 0 saturated carbocycles. The van der Waals surface area contributed by atoms with Gasteiger partial charge >= 0.3 is 5.63 Å². The van der Waals surface area contributed by atoms with Crippen LogP contribution in [0.1, 0.15) is 34.7 Å². The normalized spacial score (nSPS) is 17.6. The van der Waals surface area contributed by atoms with Crippen molar-refractivity contribution < 1.29 is 9.21 Å². The molecule has 25 heavy (non-hydrogen) atoms. The van der Waals surface area contributed by atoms with E-state index in [1.807, 2.05) is 36.4 Å². The Morgan fingerprint density at radius 1 is 1.04 bits per heavy atom. The highest BCUT2D eigenvalue weighted by molar-refractivity contribution is 5.96. The molecule has 1 saturated heterocycles. The predicted molar refractivity (Wildman–Crippen MR) is 96.8 cm³/mol. The second-order valence-corrected chi connectivity index (χ2v) is 6.49. The van der Waals surface area contributed by atoms with Gasteiger partial charge in [-0.25, -0.2) is 4.79 Å². The fourth-order valence-corrected chi connectivity index (χ4v) is 3.54. The van der Waals surface area contributed by atoms with Crippen LogP contribution in [0.15, 0.2) is 69.9 Å². The van der Waals surface area contributed by atoms with Crippen molar-refractivity contribution in [1.82, 2.24) is 4.90 Å². The maximum absolute atomic E-state index is 12.9. The molecule has 1 atom stereocenters. The molecule has 126 valence electrons. The molecule has 1 fully saturated rings. The first-order chi connectivity index (χ1) is 12.2. The molecule has 0 spiro atoms. The van der Waals surface area contributed by atoms with Crippen LogP contribution in [-0.4, -0.2) is 23.9 Å². The maximum atomic E-state index is 12.9. The number of carbonyl (C=O) groups is 1. The van der Waals surface area contributed by atoms with Gasteiger partial charge in [-0.2, -0.15) is 0 Å². The monoisotopic (exact) mass is 333 g/mol. The van der Waals surface area contributed by atoms with E-state index in [4.69, 9.17) is 4.42 Å². The smallest absolute Gasteiger partial charge is 0.349 e. The molecule has 1 aliphatic heterocycles. The van der Waals surface area contributed by atoms with Crippen LogP contribution >= 0.6 is 0 Å². The van der Waals surface area contributed by atoms with E-state index in [-0.39, 0.29) is 11.5 Å². The van der Waals surface area contributed by atoms with Crippen LogP contribution < -0.4 is 5.63 Å². The van der Waals surface area contributed by atoms with E-state index in [0.717, 1.165) is 18.2 Å². The van der Waals surface area contributed by atoms with E-state index in [2.05, 4.69) is 12.1 Å². The zero-order valence-corrected chi connectivity index (χ0v) is 13.9. The summed E-state index contributed by atoms with van der Waals surface area (Å²) in [6.45, 7) is 1.31. The van der Waals surface area contributed by atoms with E-state index >= 15 is 0 Å². The molecule has 4 rings (SSSR count). The lowest BCUT2D eigenvalue weighted by molar-refractivity contribution is 0.0703. The lowest BCUT2D eigenvalue weighted by Crippen LogP contribution is -2.40. The molecule has 1 amide bonds. The highest BCUT2D eigenvalue weighted by Crippen LogP contribution is 2.27. The predicted octanol–water partition coefficient (Wildman–Crippen LogP) is 3.81. The summed E-state index contributed by atoms with van der Waals surface area (Å²) in [6.07, 6.45) is 1.99. The topological polar surface area (TPSA) is 50.5 Å². The number of likely N-dealkylation sites (tertiary alicyclic amines) is 1. The van der Waals surface area contributed by atoms with Crippen molar-refractivity contribution in [2.24, 2.45) is 0 Å². The van der Waals surface area contributed by atoms with Crippen molar-refractivity contribution in [1.29, 1.82) is 0 Å². The number of carbonyl (C=O) groups excluding carboxylic acids is 1. The van der Waals surface area contributed by atoms with E-state index < -0.39 is 5.63 Å². The molecule has 1 aliphatic rings. The van der Waals surface area contributed by atoms with Crippen molar-refractivity contribution in [2.45, 2.75) is 18.8 Å². The summed E-state index contributed by atoms with van der Waals surface area (Å²) in [6, 6.07) is 19.1. The summed E-state index contributed by atoms with van der Waals surface area (Å²) in [4.78, 5) is 26.9. The number of para-hydroxylation sites is 1. The molecule has 0 N–H and O–H groups in total. The first-order valence-corrected chi connectivity index (χ1v) is 8.59. The summed E-state index contributed by atoms with van der Waals surface area (Å²) in [5.41, 5.74) is 1.30. The number of fused-ring (bicyclic) bond motifs is 1. The summed E-state index contributed by atoms with van der Waals surface area (Å²) in [7, 11) is 0. The minimum absolute atomic E-state index is 0.118. The summed E-state index contributed by atoms with van der Waals surface area (Å²) >= 11 is 0.